The summed E-state index contributed by atoms with van der Waals surface area (Å²) < 4.78 is 5.49. The van der Waals surface area contributed by atoms with Crippen LogP contribution in [0.3, 0.4) is 0 Å². The third-order valence-corrected chi connectivity index (χ3v) is 2.03. The lowest BCUT2D eigenvalue weighted by Crippen LogP contribution is -2.27. The third-order valence-electron chi connectivity index (χ3n) is 2.03. The maximum atomic E-state index is 11.5. The number of hydrogen-bond donors (Lipinski definition) is 0. The van der Waals surface area contributed by atoms with E-state index in [2.05, 4.69) is 0 Å². The maximum Gasteiger partial charge on any atom is 0.175 e. The van der Waals surface area contributed by atoms with E-state index in [1.807, 2.05) is 44.2 Å². The maximum absolute atomic E-state index is 11.5. The van der Waals surface area contributed by atoms with Crippen LogP contribution in [0.2, 0.25) is 0 Å². The van der Waals surface area contributed by atoms with Crippen LogP contribution in [0.5, 0.6) is 5.75 Å². The first-order valence-electron chi connectivity index (χ1n) is 4.86. The zero-order valence-electron chi connectivity index (χ0n) is 8.86. The molecule has 1 rings (SSSR count). The van der Waals surface area contributed by atoms with Gasteiger partial charge in [-0.05, 0) is 19.1 Å². The minimum atomic E-state index is -0.364. The summed E-state index contributed by atoms with van der Waals surface area (Å²) in [4.78, 5) is 11.5. The van der Waals surface area contributed by atoms with Gasteiger partial charge in [-0.25, -0.2) is 0 Å². The highest BCUT2D eigenvalue weighted by Gasteiger charge is 2.17. The Balaban J connectivity index is 2.57. The van der Waals surface area contributed by atoms with Gasteiger partial charge >= 0.3 is 0 Å². The van der Waals surface area contributed by atoms with Crippen LogP contribution in [0, 0.1) is 5.92 Å². The molecular weight excluding hydrogens is 176 g/mol. The van der Waals surface area contributed by atoms with Crippen molar-refractivity contribution in [3.05, 3.63) is 30.3 Å². The number of rotatable bonds is 4. The van der Waals surface area contributed by atoms with E-state index in [4.69, 9.17) is 4.74 Å². The zero-order valence-corrected chi connectivity index (χ0v) is 8.86. The summed E-state index contributed by atoms with van der Waals surface area (Å²) in [6.07, 6.45) is -0.364. The lowest BCUT2D eigenvalue weighted by atomic mass is 10.1. The van der Waals surface area contributed by atoms with Crippen LogP contribution in [0.25, 0.3) is 0 Å². The van der Waals surface area contributed by atoms with E-state index >= 15 is 0 Å². The standard InChI is InChI=1S/C12H16O2/c1-9(2)12(13)10(3)14-11-7-5-4-6-8-11/h4-10H,1-3H3. The number of ether oxygens (including phenoxy) is 1. The molecule has 0 bridgehead atoms. The normalized spacial score (nSPS) is 12.6. The van der Waals surface area contributed by atoms with Crippen LogP contribution < -0.4 is 4.74 Å². The minimum Gasteiger partial charge on any atom is -0.483 e. The Kier molecular flexibility index (Phi) is 3.69. The van der Waals surface area contributed by atoms with Crippen molar-refractivity contribution in [2.75, 3.05) is 0 Å². The van der Waals surface area contributed by atoms with Gasteiger partial charge in [0.25, 0.3) is 0 Å². The van der Waals surface area contributed by atoms with E-state index in [0.717, 1.165) is 5.75 Å². The molecule has 0 aliphatic heterocycles. The van der Waals surface area contributed by atoms with Gasteiger partial charge in [-0.1, -0.05) is 32.0 Å². The molecule has 1 unspecified atom stereocenters. The van der Waals surface area contributed by atoms with Crippen molar-refractivity contribution in [3.63, 3.8) is 0 Å². The number of Topliss-reactive ketones (excluding diaryl/α,β-unsaturated/α-hetero) is 1. The first kappa shape index (κ1) is 10.8. The van der Waals surface area contributed by atoms with E-state index in [9.17, 15) is 4.79 Å². The van der Waals surface area contributed by atoms with E-state index in [1.165, 1.54) is 0 Å². The number of benzene rings is 1. The Hall–Kier alpha value is -1.31. The van der Waals surface area contributed by atoms with Crippen LogP contribution in [-0.4, -0.2) is 11.9 Å². The Bertz CT molecular complexity index is 290. The molecule has 0 aromatic heterocycles. The van der Waals surface area contributed by atoms with Gasteiger partial charge in [0, 0.05) is 5.92 Å². The molecule has 1 aromatic rings. The van der Waals surface area contributed by atoms with Crippen LogP contribution in [0.15, 0.2) is 30.3 Å². The molecule has 0 saturated heterocycles. The lowest BCUT2D eigenvalue weighted by Gasteiger charge is -2.15. The molecule has 0 fully saturated rings. The minimum absolute atomic E-state index is 0.0220. The lowest BCUT2D eigenvalue weighted by molar-refractivity contribution is -0.128. The van der Waals surface area contributed by atoms with E-state index in [0.29, 0.717) is 0 Å². The molecule has 0 spiro atoms. The Morgan fingerprint density at radius 3 is 2.21 bits per heavy atom. The highest BCUT2D eigenvalue weighted by atomic mass is 16.5. The Morgan fingerprint density at radius 1 is 1.14 bits per heavy atom. The molecule has 0 aliphatic carbocycles. The van der Waals surface area contributed by atoms with Crippen molar-refractivity contribution in [2.24, 2.45) is 5.92 Å². The number of carbonyl (C=O) groups excluding carboxylic acids is 1. The van der Waals surface area contributed by atoms with Gasteiger partial charge in [0.1, 0.15) is 5.75 Å². The Morgan fingerprint density at radius 2 is 1.71 bits per heavy atom. The van der Waals surface area contributed by atoms with Crippen LogP contribution in [0.4, 0.5) is 0 Å². The molecule has 76 valence electrons. The molecule has 14 heavy (non-hydrogen) atoms. The Labute approximate surface area is 84.9 Å². The van der Waals surface area contributed by atoms with E-state index < -0.39 is 0 Å². The second kappa shape index (κ2) is 4.80. The molecule has 0 amide bonds. The second-order valence-electron chi connectivity index (χ2n) is 3.63. The average molecular weight is 192 g/mol. The van der Waals surface area contributed by atoms with Crippen molar-refractivity contribution in [1.29, 1.82) is 0 Å². The fourth-order valence-corrected chi connectivity index (χ4v) is 1.23. The first-order valence-corrected chi connectivity index (χ1v) is 4.86. The first-order chi connectivity index (χ1) is 6.61. The van der Waals surface area contributed by atoms with Crippen molar-refractivity contribution in [2.45, 2.75) is 26.9 Å². The fourth-order valence-electron chi connectivity index (χ4n) is 1.23. The molecule has 1 aromatic carbocycles. The summed E-state index contributed by atoms with van der Waals surface area (Å²) in [7, 11) is 0. The molecule has 2 heteroatoms. The van der Waals surface area contributed by atoms with Crippen molar-refractivity contribution >= 4 is 5.78 Å². The molecule has 2 nitrogen and oxygen atoms in total. The van der Waals surface area contributed by atoms with Crippen molar-refractivity contribution in [3.8, 4) is 5.75 Å². The second-order valence-corrected chi connectivity index (χ2v) is 3.63. The summed E-state index contributed by atoms with van der Waals surface area (Å²) >= 11 is 0. The summed E-state index contributed by atoms with van der Waals surface area (Å²) in [5, 5.41) is 0. The van der Waals surface area contributed by atoms with E-state index in [1.54, 1.807) is 6.92 Å². The zero-order chi connectivity index (χ0) is 10.6. The summed E-state index contributed by atoms with van der Waals surface area (Å²) in [6, 6.07) is 9.40. The van der Waals surface area contributed by atoms with Gasteiger partial charge in [0.2, 0.25) is 0 Å². The molecular formula is C12H16O2. The highest BCUT2D eigenvalue weighted by molar-refractivity contribution is 5.84. The topological polar surface area (TPSA) is 26.3 Å². The largest absolute Gasteiger partial charge is 0.483 e. The van der Waals surface area contributed by atoms with Gasteiger partial charge in [-0.15, -0.1) is 0 Å². The average Bonchev–Trinajstić information content (AvgIpc) is 2.18. The SMILES string of the molecule is CC(C)C(=O)C(C)Oc1ccccc1. The molecule has 0 radical (unpaired) electrons. The predicted octanol–water partition coefficient (Wildman–Crippen LogP) is 2.68. The quantitative estimate of drug-likeness (QED) is 0.733. The van der Waals surface area contributed by atoms with Gasteiger partial charge in [-0.3, -0.25) is 4.79 Å². The van der Waals surface area contributed by atoms with Gasteiger partial charge < -0.3 is 4.74 Å². The molecule has 0 N–H and O–H groups in total. The summed E-state index contributed by atoms with van der Waals surface area (Å²) in [6.45, 7) is 5.55. The van der Waals surface area contributed by atoms with Gasteiger partial charge in [-0.2, -0.15) is 0 Å². The van der Waals surface area contributed by atoms with Crippen molar-refractivity contribution < 1.29 is 9.53 Å². The number of ketones is 1. The molecule has 0 heterocycles. The number of carbonyl (C=O) groups is 1. The molecule has 0 aliphatic rings. The molecule has 1 atom stereocenters. The van der Waals surface area contributed by atoms with Gasteiger partial charge in [0.05, 0.1) is 0 Å². The van der Waals surface area contributed by atoms with Crippen LogP contribution in [0.1, 0.15) is 20.8 Å². The smallest absolute Gasteiger partial charge is 0.175 e. The fraction of sp³-hybridized carbons (Fsp3) is 0.417. The van der Waals surface area contributed by atoms with Crippen LogP contribution in [-0.2, 0) is 4.79 Å². The number of hydrogen-bond acceptors (Lipinski definition) is 2. The highest BCUT2D eigenvalue weighted by Crippen LogP contribution is 2.12. The summed E-state index contributed by atoms with van der Waals surface area (Å²) in [5.74, 6) is 0.900. The summed E-state index contributed by atoms with van der Waals surface area (Å²) in [5.41, 5.74) is 0. The predicted molar refractivity (Wildman–Crippen MR) is 56.4 cm³/mol. The van der Waals surface area contributed by atoms with Crippen molar-refractivity contribution in [1.82, 2.24) is 0 Å². The monoisotopic (exact) mass is 192 g/mol. The molecule has 0 saturated carbocycles. The third kappa shape index (κ3) is 2.87. The van der Waals surface area contributed by atoms with Crippen LogP contribution >= 0.6 is 0 Å². The number of para-hydroxylation sites is 1. The van der Waals surface area contributed by atoms with E-state index in [-0.39, 0.29) is 17.8 Å². The van der Waals surface area contributed by atoms with Gasteiger partial charge in [0.15, 0.2) is 11.9 Å².